The van der Waals surface area contributed by atoms with Crippen LogP contribution >= 0.6 is 0 Å². The van der Waals surface area contributed by atoms with E-state index in [0.717, 1.165) is 59.3 Å². The molecule has 5 rings (SSSR count). The minimum Gasteiger partial charge on any atom is -0.351 e. The van der Waals surface area contributed by atoms with E-state index in [1.165, 1.54) is 5.69 Å². The molecule has 3 aromatic heterocycles. The van der Waals surface area contributed by atoms with Crippen LogP contribution in [-0.2, 0) is 13.0 Å². The number of hydrogen-bond donors (Lipinski definition) is 2. The van der Waals surface area contributed by atoms with E-state index in [0.29, 0.717) is 12.1 Å². The van der Waals surface area contributed by atoms with Crippen molar-refractivity contribution < 1.29 is 4.79 Å². The van der Waals surface area contributed by atoms with Crippen molar-refractivity contribution >= 4 is 16.8 Å². The lowest BCUT2D eigenvalue weighted by atomic mass is 9.96. The zero-order valence-corrected chi connectivity index (χ0v) is 17.4. The van der Waals surface area contributed by atoms with Gasteiger partial charge in [0.1, 0.15) is 5.69 Å². The number of nitrogens with zero attached hydrogens (tertiary/aromatic N) is 4. The molecule has 31 heavy (non-hydrogen) atoms. The highest BCUT2D eigenvalue weighted by Gasteiger charge is 2.25. The fraction of sp³-hybridized carbons (Fsp3) is 0.250. The van der Waals surface area contributed by atoms with Gasteiger partial charge in [0.15, 0.2) is 0 Å². The van der Waals surface area contributed by atoms with Crippen LogP contribution in [0.5, 0.6) is 0 Å². The number of aromatic nitrogens is 4. The monoisotopic (exact) mass is 412 g/mol. The summed E-state index contributed by atoms with van der Waals surface area (Å²) in [5.41, 5.74) is 6.61. The van der Waals surface area contributed by atoms with E-state index in [1.807, 2.05) is 55.7 Å². The molecule has 156 valence electrons. The number of likely N-dealkylation sites (N-methyl/N-ethyl adjacent to an activating group) is 1. The number of rotatable bonds is 6. The van der Waals surface area contributed by atoms with Crippen molar-refractivity contribution in [1.29, 1.82) is 0 Å². The summed E-state index contributed by atoms with van der Waals surface area (Å²) < 4.78 is 2.11. The van der Waals surface area contributed by atoms with Crippen molar-refractivity contribution in [3.05, 3.63) is 66.1 Å². The molecule has 0 saturated heterocycles. The number of amides is 1. The third-order valence-electron chi connectivity index (χ3n) is 5.68. The molecule has 4 heterocycles. The summed E-state index contributed by atoms with van der Waals surface area (Å²) in [6.07, 6.45) is 5.69. The molecule has 1 aromatic carbocycles. The molecule has 0 bridgehead atoms. The van der Waals surface area contributed by atoms with E-state index >= 15 is 0 Å². The van der Waals surface area contributed by atoms with Crippen LogP contribution in [0.3, 0.4) is 0 Å². The normalized spacial score (nSPS) is 12.8. The zero-order chi connectivity index (χ0) is 21.2. The highest BCUT2D eigenvalue weighted by atomic mass is 16.1. The van der Waals surface area contributed by atoms with Gasteiger partial charge in [0.2, 0.25) is 0 Å². The lowest BCUT2D eigenvalue weighted by Crippen LogP contribution is -2.30. The Labute approximate surface area is 180 Å². The molecule has 0 spiro atoms. The smallest absolute Gasteiger partial charge is 0.251 e. The van der Waals surface area contributed by atoms with Gasteiger partial charge in [-0.15, -0.1) is 0 Å². The molecule has 7 heteroatoms. The predicted octanol–water partition coefficient (Wildman–Crippen LogP) is 3.06. The van der Waals surface area contributed by atoms with Gasteiger partial charge < -0.3 is 10.6 Å². The Hall–Kier alpha value is -3.58. The molecule has 1 amide bonds. The highest BCUT2D eigenvalue weighted by molar-refractivity contribution is 6.03. The van der Waals surface area contributed by atoms with Gasteiger partial charge in [-0.3, -0.25) is 19.4 Å². The Bertz CT molecular complexity index is 1250. The fourth-order valence-electron chi connectivity index (χ4n) is 4.21. The van der Waals surface area contributed by atoms with Crippen molar-refractivity contribution in [2.24, 2.45) is 0 Å². The van der Waals surface area contributed by atoms with Crippen LogP contribution in [0.15, 0.2) is 54.9 Å². The van der Waals surface area contributed by atoms with Gasteiger partial charge in [0, 0.05) is 54.2 Å². The van der Waals surface area contributed by atoms with Gasteiger partial charge in [-0.2, -0.15) is 5.10 Å². The number of fused-ring (bicyclic) bond motifs is 2. The number of nitrogens with one attached hydrogen (secondary N) is 2. The number of pyridine rings is 2. The third-order valence-corrected chi connectivity index (χ3v) is 5.68. The van der Waals surface area contributed by atoms with Gasteiger partial charge in [-0.25, -0.2) is 0 Å². The van der Waals surface area contributed by atoms with E-state index in [2.05, 4.69) is 25.3 Å². The lowest BCUT2D eigenvalue weighted by molar-refractivity contribution is 0.0954. The van der Waals surface area contributed by atoms with Gasteiger partial charge in [0.25, 0.3) is 5.91 Å². The number of aryl methyl sites for hydroxylation is 1. The molecule has 1 aliphatic rings. The average Bonchev–Trinajstić information content (AvgIpc) is 3.40. The summed E-state index contributed by atoms with van der Waals surface area (Å²) in [7, 11) is 1.86. The van der Waals surface area contributed by atoms with Gasteiger partial charge in [-0.05, 0) is 55.8 Å². The Morgan fingerprint density at radius 3 is 2.87 bits per heavy atom. The Balaban J connectivity index is 1.61. The van der Waals surface area contributed by atoms with Crippen LogP contribution in [0.25, 0.3) is 33.4 Å². The van der Waals surface area contributed by atoms with Crippen molar-refractivity contribution in [1.82, 2.24) is 30.4 Å². The minimum absolute atomic E-state index is 0.0926. The molecule has 7 nitrogen and oxygen atoms in total. The second-order valence-electron chi connectivity index (χ2n) is 7.66. The Kier molecular flexibility index (Phi) is 5.18. The van der Waals surface area contributed by atoms with Crippen LogP contribution in [0, 0.1) is 0 Å². The second-order valence-corrected chi connectivity index (χ2v) is 7.66. The summed E-state index contributed by atoms with van der Waals surface area (Å²) in [5, 5.41) is 11.9. The van der Waals surface area contributed by atoms with E-state index in [4.69, 9.17) is 5.10 Å². The molecule has 1 aliphatic heterocycles. The fourth-order valence-corrected chi connectivity index (χ4v) is 4.21. The van der Waals surface area contributed by atoms with Crippen LogP contribution in [0.4, 0.5) is 0 Å². The summed E-state index contributed by atoms with van der Waals surface area (Å²) in [6.45, 7) is 2.23. The maximum absolute atomic E-state index is 12.5. The summed E-state index contributed by atoms with van der Waals surface area (Å²) in [6, 6.07) is 13.7. The van der Waals surface area contributed by atoms with E-state index in [1.54, 1.807) is 6.20 Å². The number of carbonyl (C=O) groups is 1. The zero-order valence-electron chi connectivity index (χ0n) is 17.4. The Morgan fingerprint density at radius 2 is 2.03 bits per heavy atom. The van der Waals surface area contributed by atoms with Crippen molar-refractivity contribution in [3.8, 4) is 22.5 Å². The highest BCUT2D eigenvalue weighted by Crippen LogP contribution is 2.39. The SMILES string of the molecule is CNCCNC(=O)c1ccc2c(-c3c(-c4ccccn4)nn4c3CCC4)ccnc2c1. The minimum atomic E-state index is -0.0926. The molecular formula is C24H24N6O. The Morgan fingerprint density at radius 1 is 1.10 bits per heavy atom. The summed E-state index contributed by atoms with van der Waals surface area (Å²) >= 11 is 0. The molecule has 0 unspecified atom stereocenters. The molecule has 0 aliphatic carbocycles. The molecule has 2 N–H and O–H groups in total. The molecule has 0 radical (unpaired) electrons. The standard InChI is InChI=1S/C24H24N6O/c1-25-12-13-28-24(31)16-7-8-17-18(9-11-27-20(17)15-16)22-21-6-4-14-30(21)29-23(22)19-5-2-3-10-26-19/h2-3,5,7-11,15,25H,4,6,12-14H2,1H3,(H,28,31). The first-order chi connectivity index (χ1) is 15.3. The van der Waals surface area contributed by atoms with E-state index in [-0.39, 0.29) is 5.91 Å². The maximum atomic E-state index is 12.5. The number of carbonyl (C=O) groups excluding carboxylic acids is 1. The van der Waals surface area contributed by atoms with Crippen molar-refractivity contribution in [2.75, 3.05) is 20.1 Å². The van der Waals surface area contributed by atoms with Crippen LogP contribution in [0.2, 0.25) is 0 Å². The predicted molar refractivity (Wildman–Crippen MR) is 121 cm³/mol. The molecule has 0 fully saturated rings. The first-order valence-corrected chi connectivity index (χ1v) is 10.6. The van der Waals surface area contributed by atoms with E-state index < -0.39 is 0 Å². The first kappa shape index (κ1) is 19.4. The van der Waals surface area contributed by atoms with Gasteiger partial charge >= 0.3 is 0 Å². The van der Waals surface area contributed by atoms with Gasteiger partial charge in [-0.1, -0.05) is 12.1 Å². The van der Waals surface area contributed by atoms with Crippen molar-refractivity contribution in [3.63, 3.8) is 0 Å². The molecule has 0 atom stereocenters. The van der Waals surface area contributed by atoms with Crippen LogP contribution < -0.4 is 10.6 Å². The molecule has 4 aromatic rings. The molecular weight excluding hydrogens is 388 g/mol. The van der Waals surface area contributed by atoms with Crippen molar-refractivity contribution in [2.45, 2.75) is 19.4 Å². The largest absolute Gasteiger partial charge is 0.351 e. The van der Waals surface area contributed by atoms with Gasteiger partial charge in [0.05, 0.1) is 11.2 Å². The van der Waals surface area contributed by atoms with E-state index in [9.17, 15) is 4.79 Å². The average molecular weight is 412 g/mol. The number of hydrogen-bond acceptors (Lipinski definition) is 5. The second kappa shape index (κ2) is 8.28. The quantitative estimate of drug-likeness (QED) is 0.476. The summed E-state index contributed by atoms with van der Waals surface area (Å²) in [4.78, 5) is 21.6. The first-order valence-electron chi connectivity index (χ1n) is 10.6. The molecule has 0 saturated carbocycles. The topological polar surface area (TPSA) is 84.7 Å². The number of benzene rings is 1. The maximum Gasteiger partial charge on any atom is 0.251 e. The van der Waals surface area contributed by atoms with Crippen LogP contribution in [-0.4, -0.2) is 45.8 Å². The lowest BCUT2D eigenvalue weighted by Gasteiger charge is -2.10. The van der Waals surface area contributed by atoms with Crippen LogP contribution in [0.1, 0.15) is 22.5 Å². The third kappa shape index (κ3) is 3.57. The summed E-state index contributed by atoms with van der Waals surface area (Å²) in [5.74, 6) is -0.0926.